The predicted octanol–water partition coefficient (Wildman–Crippen LogP) is 3.07. The number of carbonyl (C=O) groups is 1. The number of hydrogen-bond acceptors (Lipinski definition) is 5. The molecule has 7 nitrogen and oxygen atoms in total. The fourth-order valence-corrected chi connectivity index (χ4v) is 3.16. The first-order valence-corrected chi connectivity index (χ1v) is 10.0. The van der Waals surface area contributed by atoms with E-state index in [-0.39, 0.29) is 18.0 Å². The van der Waals surface area contributed by atoms with Crippen molar-refractivity contribution in [3.63, 3.8) is 0 Å². The molecule has 30 heavy (non-hydrogen) atoms. The Morgan fingerprint density at radius 3 is 2.77 bits per heavy atom. The Hall–Kier alpha value is -3.19. The second-order valence-electron chi connectivity index (χ2n) is 7.11. The summed E-state index contributed by atoms with van der Waals surface area (Å²) in [7, 11) is 1.59. The Labute approximate surface area is 175 Å². The van der Waals surface area contributed by atoms with Gasteiger partial charge in [0.05, 0.1) is 30.7 Å². The summed E-state index contributed by atoms with van der Waals surface area (Å²) in [6.07, 6.45) is 0.936. The zero-order valence-electron chi connectivity index (χ0n) is 17.4. The van der Waals surface area contributed by atoms with Crippen molar-refractivity contribution in [1.82, 2.24) is 14.9 Å². The third-order valence-corrected chi connectivity index (χ3v) is 4.71. The molecule has 1 aromatic heterocycles. The van der Waals surface area contributed by atoms with Crippen molar-refractivity contribution in [3.05, 3.63) is 70.3 Å². The van der Waals surface area contributed by atoms with Crippen LogP contribution in [0.15, 0.2) is 53.3 Å². The molecule has 0 unspecified atom stereocenters. The zero-order valence-corrected chi connectivity index (χ0v) is 17.4. The fraction of sp³-hybridized carbons (Fsp3) is 0.348. The molecule has 1 heterocycles. The van der Waals surface area contributed by atoms with E-state index in [4.69, 9.17) is 9.47 Å². The van der Waals surface area contributed by atoms with Crippen LogP contribution in [0.1, 0.15) is 24.2 Å². The Kier molecular flexibility index (Phi) is 7.57. The van der Waals surface area contributed by atoms with Gasteiger partial charge in [-0.2, -0.15) is 0 Å². The molecule has 7 heteroatoms. The van der Waals surface area contributed by atoms with Gasteiger partial charge < -0.3 is 19.4 Å². The highest BCUT2D eigenvalue weighted by molar-refractivity contribution is 5.78. The highest BCUT2D eigenvalue weighted by atomic mass is 16.5. The molecule has 0 bridgehead atoms. The van der Waals surface area contributed by atoms with Gasteiger partial charge in [-0.15, -0.1) is 0 Å². The molecule has 1 amide bonds. The standard InChI is InChI=1S/C23H27N3O4/c1-17-7-5-8-18(15-17)30-13-6-11-22(27)26(12-14-29-2)16-21-24-20-10-4-3-9-19(20)23(28)25-21/h3-5,7-10,15H,6,11-14,16H2,1-2H3,(H,24,25,28). The van der Waals surface area contributed by atoms with E-state index in [1.54, 1.807) is 30.2 Å². The Morgan fingerprint density at radius 2 is 1.97 bits per heavy atom. The number of nitrogens with zero attached hydrogens (tertiary/aromatic N) is 2. The molecule has 2 aromatic carbocycles. The summed E-state index contributed by atoms with van der Waals surface area (Å²) >= 11 is 0. The summed E-state index contributed by atoms with van der Waals surface area (Å²) in [5, 5.41) is 0.532. The van der Waals surface area contributed by atoms with Gasteiger partial charge in [-0.25, -0.2) is 4.98 Å². The lowest BCUT2D eigenvalue weighted by Gasteiger charge is -2.22. The van der Waals surface area contributed by atoms with Crippen molar-refractivity contribution in [3.8, 4) is 5.75 Å². The molecule has 0 spiro atoms. The Bertz CT molecular complexity index is 1050. The number of benzene rings is 2. The van der Waals surface area contributed by atoms with Gasteiger partial charge in [-0.1, -0.05) is 24.3 Å². The van der Waals surface area contributed by atoms with E-state index < -0.39 is 0 Å². The van der Waals surface area contributed by atoms with E-state index in [0.717, 1.165) is 11.3 Å². The minimum absolute atomic E-state index is 0.0318. The average Bonchev–Trinajstić information content (AvgIpc) is 2.74. The first-order valence-electron chi connectivity index (χ1n) is 10.0. The molecule has 158 valence electrons. The topological polar surface area (TPSA) is 84.5 Å². The minimum atomic E-state index is -0.207. The molecule has 0 radical (unpaired) electrons. The van der Waals surface area contributed by atoms with Gasteiger partial charge in [0.15, 0.2) is 0 Å². The van der Waals surface area contributed by atoms with Crippen LogP contribution in [0.25, 0.3) is 10.9 Å². The lowest BCUT2D eigenvalue weighted by Crippen LogP contribution is -2.34. The zero-order chi connectivity index (χ0) is 21.3. The normalized spacial score (nSPS) is 10.9. The predicted molar refractivity (Wildman–Crippen MR) is 116 cm³/mol. The Morgan fingerprint density at radius 1 is 1.13 bits per heavy atom. The van der Waals surface area contributed by atoms with Crippen LogP contribution in [-0.4, -0.2) is 47.6 Å². The maximum absolute atomic E-state index is 12.8. The van der Waals surface area contributed by atoms with Crippen LogP contribution in [0.3, 0.4) is 0 Å². The molecular weight excluding hydrogens is 382 g/mol. The number of aromatic amines is 1. The van der Waals surface area contributed by atoms with Crippen LogP contribution >= 0.6 is 0 Å². The van der Waals surface area contributed by atoms with Gasteiger partial charge in [-0.05, 0) is 43.2 Å². The molecule has 0 fully saturated rings. The molecule has 0 aliphatic rings. The number of nitrogens with one attached hydrogen (secondary N) is 1. The van der Waals surface area contributed by atoms with Crippen molar-refractivity contribution in [2.24, 2.45) is 0 Å². The van der Waals surface area contributed by atoms with E-state index in [1.807, 2.05) is 37.3 Å². The van der Waals surface area contributed by atoms with Gasteiger partial charge in [0.1, 0.15) is 11.6 Å². The van der Waals surface area contributed by atoms with Crippen molar-refractivity contribution < 1.29 is 14.3 Å². The largest absolute Gasteiger partial charge is 0.494 e. The van der Waals surface area contributed by atoms with Gasteiger partial charge >= 0.3 is 0 Å². The molecular formula is C23H27N3O4. The number of ether oxygens (including phenoxy) is 2. The van der Waals surface area contributed by atoms with Crippen LogP contribution in [0.4, 0.5) is 0 Å². The van der Waals surface area contributed by atoms with Crippen LogP contribution in [0, 0.1) is 6.92 Å². The number of carbonyl (C=O) groups excluding carboxylic acids is 1. The van der Waals surface area contributed by atoms with Gasteiger partial charge in [0, 0.05) is 20.1 Å². The maximum Gasteiger partial charge on any atom is 0.258 e. The molecule has 0 aliphatic heterocycles. The number of hydrogen-bond donors (Lipinski definition) is 1. The van der Waals surface area contributed by atoms with E-state index in [2.05, 4.69) is 9.97 Å². The minimum Gasteiger partial charge on any atom is -0.494 e. The van der Waals surface area contributed by atoms with Crippen molar-refractivity contribution in [1.29, 1.82) is 0 Å². The van der Waals surface area contributed by atoms with Crippen molar-refractivity contribution >= 4 is 16.8 Å². The summed E-state index contributed by atoms with van der Waals surface area (Å²) < 4.78 is 10.9. The molecule has 3 rings (SSSR count). The first kappa shape index (κ1) is 21.5. The van der Waals surface area contributed by atoms with Crippen molar-refractivity contribution in [2.45, 2.75) is 26.3 Å². The number of amides is 1. The number of rotatable bonds is 10. The summed E-state index contributed by atoms with van der Waals surface area (Å²) in [6, 6.07) is 15.0. The van der Waals surface area contributed by atoms with E-state index in [0.29, 0.717) is 49.3 Å². The summed E-state index contributed by atoms with van der Waals surface area (Å²) in [5.41, 5.74) is 1.54. The third kappa shape index (κ3) is 5.90. The highest BCUT2D eigenvalue weighted by Gasteiger charge is 2.16. The lowest BCUT2D eigenvalue weighted by atomic mass is 10.2. The van der Waals surface area contributed by atoms with Crippen LogP contribution in [0.2, 0.25) is 0 Å². The summed E-state index contributed by atoms with van der Waals surface area (Å²) in [4.78, 5) is 34.0. The number of H-pyrrole nitrogens is 1. The maximum atomic E-state index is 12.8. The monoisotopic (exact) mass is 409 g/mol. The van der Waals surface area contributed by atoms with Crippen molar-refractivity contribution in [2.75, 3.05) is 26.9 Å². The number of fused-ring (bicyclic) bond motifs is 1. The molecule has 0 saturated carbocycles. The SMILES string of the molecule is COCCN(Cc1nc2ccccc2c(=O)[nH]1)C(=O)CCCOc1cccc(C)c1. The number of para-hydroxylation sites is 1. The van der Waals surface area contributed by atoms with E-state index in [1.165, 1.54) is 0 Å². The van der Waals surface area contributed by atoms with Crippen LogP contribution < -0.4 is 10.3 Å². The second-order valence-corrected chi connectivity index (χ2v) is 7.11. The Balaban J connectivity index is 1.60. The third-order valence-electron chi connectivity index (χ3n) is 4.71. The molecule has 0 atom stereocenters. The second kappa shape index (κ2) is 10.5. The molecule has 0 saturated heterocycles. The number of aryl methyl sites for hydroxylation is 1. The first-order chi connectivity index (χ1) is 14.6. The van der Waals surface area contributed by atoms with Crippen LogP contribution in [-0.2, 0) is 16.1 Å². The molecule has 0 aliphatic carbocycles. The smallest absolute Gasteiger partial charge is 0.258 e. The van der Waals surface area contributed by atoms with Gasteiger partial charge in [0.2, 0.25) is 5.91 Å². The van der Waals surface area contributed by atoms with Gasteiger partial charge in [0.25, 0.3) is 5.56 Å². The summed E-state index contributed by atoms with van der Waals surface area (Å²) in [6.45, 7) is 3.52. The quantitative estimate of drug-likeness (QED) is 0.520. The van der Waals surface area contributed by atoms with E-state index in [9.17, 15) is 9.59 Å². The number of methoxy groups -OCH3 is 1. The average molecular weight is 409 g/mol. The fourth-order valence-electron chi connectivity index (χ4n) is 3.16. The number of aromatic nitrogens is 2. The summed E-state index contributed by atoms with van der Waals surface area (Å²) in [5.74, 6) is 1.23. The molecule has 3 aromatic rings. The van der Waals surface area contributed by atoms with E-state index >= 15 is 0 Å². The van der Waals surface area contributed by atoms with Crippen LogP contribution in [0.5, 0.6) is 5.75 Å². The molecule has 1 N–H and O–H groups in total. The lowest BCUT2D eigenvalue weighted by molar-refractivity contribution is -0.132. The van der Waals surface area contributed by atoms with Gasteiger partial charge in [-0.3, -0.25) is 9.59 Å². The highest BCUT2D eigenvalue weighted by Crippen LogP contribution is 2.13.